The van der Waals surface area contributed by atoms with Crippen molar-refractivity contribution in [2.45, 2.75) is 12.2 Å². The SMILES string of the molecule is COC(OC)(C(=O)c1ccc(OCCC(=O)O)cc1)c1ccccc1. The van der Waals surface area contributed by atoms with Crippen LogP contribution >= 0.6 is 0 Å². The number of benzene rings is 2. The predicted octanol–water partition coefficient (Wildman–Crippen LogP) is 2.87. The molecule has 6 nitrogen and oxygen atoms in total. The number of carboxylic acids is 1. The van der Waals surface area contributed by atoms with Gasteiger partial charge in [0.15, 0.2) is 0 Å². The van der Waals surface area contributed by atoms with Gasteiger partial charge in [-0.05, 0) is 24.3 Å². The smallest absolute Gasteiger partial charge is 0.306 e. The van der Waals surface area contributed by atoms with Gasteiger partial charge in [0.25, 0.3) is 5.79 Å². The van der Waals surface area contributed by atoms with Gasteiger partial charge in [-0.15, -0.1) is 0 Å². The highest BCUT2D eigenvalue weighted by Crippen LogP contribution is 2.30. The lowest BCUT2D eigenvalue weighted by atomic mass is 9.96. The van der Waals surface area contributed by atoms with E-state index >= 15 is 0 Å². The second kappa shape index (κ2) is 8.41. The lowest BCUT2D eigenvalue weighted by molar-refractivity contribution is -0.176. The summed E-state index contributed by atoms with van der Waals surface area (Å²) in [4.78, 5) is 23.5. The number of carboxylic acid groups (broad SMARTS) is 1. The van der Waals surface area contributed by atoms with Crippen molar-refractivity contribution in [3.63, 3.8) is 0 Å². The van der Waals surface area contributed by atoms with E-state index in [9.17, 15) is 9.59 Å². The first kappa shape index (κ1) is 18.6. The maximum absolute atomic E-state index is 13.0. The molecule has 0 aromatic heterocycles. The number of carbonyl (C=O) groups is 2. The Morgan fingerprint density at radius 2 is 1.56 bits per heavy atom. The fourth-order valence-electron chi connectivity index (χ4n) is 2.44. The van der Waals surface area contributed by atoms with E-state index in [1.807, 2.05) is 6.07 Å². The predicted molar refractivity (Wildman–Crippen MR) is 90.7 cm³/mol. The molecule has 1 N–H and O–H groups in total. The number of hydrogen-bond donors (Lipinski definition) is 1. The van der Waals surface area contributed by atoms with Crippen LogP contribution in [0.15, 0.2) is 54.6 Å². The van der Waals surface area contributed by atoms with Gasteiger partial charge in [0.2, 0.25) is 5.78 Å². The van der Waals surface area contributed by atoms with Crippen molar-refractivity contribution in [3.8, 4) is 5.75 Å². The Kier molecular flexibility index (Phi) is 6.27. The molecular formula is C19H20O6. The zero-order valence-electron chi connectivity index (χ0n) is 14.1. The summed E-state index contributed by atoms with van der Waals surface area (Å²) in [7, 11) is 2.83. The number of aliphatic carboxylic acids is 1. The second-order valence-corrected chi connectivity index (χ2v) is 5.24. The lowest BCUT2D eigenvalue weighted by Gasteiger charge is -2.29. The molecule has 2 rings (SSSR count). The molecule has 0 bridgehead atoms. The fraction of sp³-hybridized carbons (Fsp3) is 0.263. The highest BCUT2D eigenvalue weighted by molar-refractivity contribution is 6.02. The Hall–Kier alpha value is -2.70. The third-order valence-corrected chi connectivity index (χ3v) is 3.73. The number of carbonyl (C=O) groups excluding carboxylic acids is 1. The van der Waals surface area contributed by atoms with Crippen molar-refractivity contribution in [2.24, 2.45) is 0 Å². The van der Waals surface area contributed by atoms with E-state index in [0.717, 1.165) is 0 Å². The molecule has 0 spiro atoms. The standard InChI is InChI=1S/C19H20O6/c1-23-19(24-2,15-6-4-3-5-7-15)18(22)14-8-10-16(11-9-14)25-13-12-17(20)21/h3-11H,12-13H2,1-2H3,(H,20,21). The third-order valence-electron chi connectivity index (χ3n) is 3.73. The van der Waals surface area contributed by atoms with E-state index in [1.54, 1.807) is 48.5 Å². The normalized spacial score (nSPS) is 11.1. The maximum Gasteiger partial charge on any atom is 0.306 e. The maximum atomic E-state index is 13.0. The zero-order chi connectivity index (χ0) is 18.3. The Labute approximate surface area is 146 Å². The largest absolute Gasteiger partial charge is 0.493 e. The molecule has 0 saturated heterocycles. The molecule has 0 radical (unpaired) electrons. The zero-order valence-corrected chi connectivity index (χ0v) is 14.1. The van der Waals surface area contributed by atoms with Gasteiger partial charge in [-0.1, -0.05) is 30.3 Å². The number of ketones is 1. The number of hydrogen-bond acceptors (Lipinski definition) is 5. The van der Waals surface area contributed by atoms with Gasteiger partial charge < -0.3 is 19.3 Å². The fourth-order valence-corrected chi connectivity index (χ4v) is 2.44. The third kappa shape index (κ3) is 4.23. The van der Waals surface area contributed by atoms with Gasteiger partial charge in [0.05, 0.1) is 13.0 Å². The summed E-state index contributed by atoms with van der Waals surface area (Å²) in [5.41, 5.74) is 0.977. The minimum Gasteiger partial charge on any atom is -0.493 e. The molecule has 0 fully saturated rings. The minimum atomic E-state index is -1.53. The molecule has 2 aromatic carbocycles. The lowest BCUT2D eigenvalue weighted by Crippen LogP contribution is -2.39. The summed E-state index contributed by atoms with van der Waals surface area (Å²) < 4.78 is 16.2. The highest BCUT2D eigenvalue weighted by atomic mass is 16.7. The van der Waals surface area contributed by atoms with Crippen LogP contribution in [0.25, 0.3) is 0 Å². The van der Waals surface area contributed by atoms with Crippen molar-refractivity contribution in [3.05, 3.63) is 65.7 Å². The number of methoxy groups -OCH3 is 2. The Morgan fingerprint density at radius 1 is 0.960 bits per heavy atom. The van der Waals surface area contributed by atoms with Gasteiger partial charge in [-0.2, -0.15) is 0 Å². The summed E-state index contributed by atoms with van der Waals surface area (Å²) in [5.74, 6) is -2.33. The highest BCUT2D eigenvalue weighted by Gasteiger charge is 2.41. The Bertz CT molecular complexity index is 704. The van der Waals surface area contributed by atoms with Gasteiger partial charge in [0, 0.05) is 25.3 Å². The molecule has 132 valence electrons. The average molecular weight is 344 g/mol. The Morgan fingerprint density at radius 3 is 2.08 bits per heavy atom. The van der Waals surface area contributed by atoms with Crippen molar-refractivity contribution < 1.29 is 28.9 Å². The van der Waals surface area contributed by atoms with E-state index in [-0.39, 0.29) is 18.8 Å². The molecule has 2 aromatic rings. The molecule has 0 aliphatic carbocycles. The first-order valence-corrected chi connectivity index (χ1v) is 7.69. The van der Waals surface area contributed by atoms with Crippen LogP contribution in [-0.4, -0.2) is 37.7 Å². The number of Topliss-reactive ketones (excluding diaryl/α,β-unsaturated/α-hetero) is 1. The molecule has 0 aliphatic rings. The topological polar surface area (TPSA) is 82.1 Å². The van der Waals surface area contributed by atoms with Crippen molar-refractivity contribution in [1.82, 2.24) is 0 Å². The van der Waals surface area contributed by atoms with Crippen LogP contribution in [0, 0.1) is 0 Å². The van der Waals surface area contributed by atoms with Crippen molar-refractivity contribution in [1.29, 1.82) is 0 Å². The first-order chi connectivity index (χ1) is 12.0. The number of ether oxygens (including phenoxy) is 3. The molecule has 0 saturated carbocycles. The number of rotatable bonds is 9. The van der Waals surface area contributed by atoms with Crippen molar-refractivity contribution >= 4 is 11.8 Å². The van der Waals surface area contributed by atoms with Crippen LogP contribution in [0.4, 0.5) is 0 Å². The quantitative estimate of drug-likeness (QED) is 0.556. The van der Waals surface area contributed by atoms with Gasteiger partial charge in [0.1, 0.15) is 5.75 Å². The second-order valence-electron chi connectivity index (χ2n) is 5.24. The van der Waals surface area contributed by atoms with Crippen LogP contribution in [0.3, 0.4) is 0 Å². The molecule has 25 heavy (non-hydrogen) atoms. The van der Waals surface area contributed by atoms with Gasteiger partial charge in [-0.25, -0.2) is 0 Å². The van der Waals surface area contributed by atoms with E-state index in [4.69, 9.17) is 19.3 Å². The monoisotopic (exact) mass is 344 g/mol. The van der Waals surface area contributed by atoms with Crippen LogP contribution in [0.1, 0.15) is 22.3 Å². The molecule has 0 heterocycles. The molecule has 0 unspecified atom stereocenters. The van der Waals surface area contributed by atoms with Crippen LogP contribution in [0.2, 0.25) is 0 Å². The summed E-state index contributed by atoms with van der Waals surface area (Å²) >= 11 is 0. The van der Waals surface area contributed by atoms with Crippen LogP contribution in [-0.2, 0) is 20.1 Å². The van der Waals surface area contributed by atoms with Crippen LogP contribution < -0.4 is 4.74 Å². The minimum absolute atomic E-state index is 0.0622. The summed E-state index contributed by atoms with van der Waals surface area (Å²) in [6.45, 7) is 0.0622. The Balaban J connectivity index is 2.21. The molecule has 0 amide bonds. The molecule has 0 aliphatic heterocycles. The first-order valence-electron chi connectivity index (χ1n) is 7.69. The summed E-state index contributed by atoms with van der Waals surface area (Å²) in [6.07, 6.45) is -0.0921. The molecular weight excluding hydrogens is 324 g/mol. The molecule has 0 atom stereocenters. The molecule has 6 heteroatoms. The summed E-state index contributed by atoms with van der Waals surface area (Å²) in [5, 5.41) is 8.61. The average Bonchev–Trinajstić information content (AvgIpc) is 2.64. The van der Waals surface area contributed by atoms with E-state index in [1.165, 1.54) is 14.2 Å². The van der Waals surface area contributed by atoms with Crippen LogP contribution in [0.5, 0.6) is 5.75 Å². The van der Waals surface area contributed by atoms with E-state index < -0.39 is 11.8 Å². The van der Waals surface area contributed by atoms with Gasteiger partial charge in [-0.3, -0.25) is 9.59 Å². The van der Waals surface area contributed by atoms with Gasteiger partial charge >= 0.3 is 5.97 Å². The van der Waals surface area contributed by atoms with Crippen molar-refractivity contribution in [2.75, 3.05) is 20.8 Å². The van der Waals surface area contributed by atoms with E-state index in [2.05, 4.69) is 0 Å². The van der Waals surface area contributed by atoms with E-state index in [0.29, 0.717) is 16.9 Å². The summed E-state index contributed by atoms with van der Waals surface area (Å²) in [6, 6.07) is 15.4.